The Labute approximate surface area is 236 Å². The average Bonchev–Trinajstić information content (AvgIpc) is 2.89. The first kappa shape index (κ1) is 26.1. The Morgan fingerprint density at radius 3 is 2.63 bits per heavy atom. The molecule has 0 amide bonds. The van der Waals surface area contributed by atoms with Crippen molar-refractivity contribution in [2.45, 2.75) is 45.6 Å². The van der Waals surface area contributed by atoms with Crippen molar-refractivity contribution in [2.75, 3.05) is 4.90 Å². The van der Waals surface area contributed by atoms with Crippen LogP contribution in [-0.2, 0) is 11.4 Å². The van der Waals surface area contributed by atoms with Crippen LogP contribution in [0.5, 0.6) is 5.75 Å². The highest BCUT2D eigenvalue weighted by Crippen LogP contribution is 2.47. The van der Waals surface area contributed by atoms with E-state index in [9.17, 15) is 10.1 Å². The minimum absolute atomic E-state index is 0.0605. The normalized spacial score (nSPS) is 17.4. The number of nitriles is 1. The SMILES string of the molecule is Cc1cc(C)c(C2C(C#N)=C(N)N(c3cccc(Br)c3)C3=C2C(=O)CCC3)cc1COc1ccccc1Cl. The van der Waals surface area contributed by atoms with Crippen molar-refractivity contribution in [1.82, 2.24) is 0 Å². The first-order chi connectivity index (χ1) is 18.3. The van der Waals surface area contributed by atoms with Gasteiger partial charge in [0.15, 0.2) is 5.78 Å². The summed E-state index contributed by atoms with van der Waals surface area (Å²) in [7, 11) is 0. The van der Waals surface area contributed by atoms with Crippen LogP contribution >= 0.6 is 27.5 Å². The van der Waals surface area contributed by atoms with E-state index < -0.39 is 5.92 Å². The third-order valence-corrected chi connectivity index (χ3v) is 8.04. The summed E-state index contributed by atoms with van der Waals surface area (Å²) in [6.45, 7) is 4.35. The number of nitrogens with zero attached hydrogens (tertiary/aromatic N) is 2. The smallest absolute Gasteiger partial charge is 0.161 e. The maximum Gasteiger partial charge on any atom is 0.161 e. The summed E-state index contributed by atoms with van der Waals surface area (Å²) in [4.78, 5) is 15.4. The van der Waals surface area contributed by atoms with Crippen LogP contribution in [0.1, 0.15) is 47.4 Å². The number of benzene rings is 3. The summed E-state index contributed by atoms with van der Waals surface area (Å²) in [5, 5.41) is 10.9. The third-order valence-electron chi connectivity index (χ3n) is 7.24. The average molecular weight is 589 g/mol. The van der Waals surface area contributed by atoms with Crippen molar-refractivity contribution in [2.24, 2.45) is 5.73 Å². The second-order valence-electron chi connectivity index (χ2n) is 9.65. The number of carbonyl (C=O) groups is 1. The Morgan fingerprint density at radius 2 is 1.89 bits per heavy atom. The fourth-order valence-corrected chi connectivity index (χ4v) is 5.98. The molecule has 7 heteroatoms. The summed E-state index contributed by atoms with van der Waals surface area (Å²) >= 11 is 9.83. The molecule has 0 radical (unpaired) electrons. The maximum atomic E-state index is 13.5. The summed E-state index contributed by atoms with van der Waals surface area (Å²) in [5.41, 5.74) is 13.4. The summed E-state index contributed by atoms with van der Waals surface area (Å²) in [5.74, 6) is 0.487. The van der Waals surface area contributed by atoms with Gasteiger partial charge in [0, 0.05) is 27.9 Å². The molecule has 38 heavy (non-hydrogen) atoms. The van der Waals surface area contributed by atoms with Gasteiger partial charge in [-0.25, -0.2) is 0 Å². The fraction of sp³-hybridized carbons (Fsp3) is 0.226. The van der Waals surface area contributed by atoms with E-state index in [0.29, 0.717) is 47.2 Å². The van der Waals surface area contributed by atoms with Crippen molar-refractivity contribution in [3.8, 4) is 11.8 Å². The molecule has 3 aromatic carbocycles. The van der Waals surface area contributed by atoms with Gasteiger partial charge < -0.3 is 10.5 Å². The van der Waals surface area contributed by atoms with Gasteiger partial charge in [0.25, 0.3) is 0 Å². The molecule has 3 aromatic rings. The fourth-order valence-electron chi connectivity index (χ4n) is 5.41. The number of hydrogen-bond donors (Lipinski definition) is 1. The zero-order valence-electron chi connectivity index (χ0n) is 21.2. The number of Topliss-reactive ketones (excluding diaryl/α,β-unsaturated/α-hetero) is 1. The van der Waals surface area contributed by atoms with E-state index in [-0.39, 0.29) is 5.78 Å². The topological polar surface area (TPSA) is 79.4 Å². The molecule has 0 fully saturated rings. The van der Waals surface area contributed by atoms with Crippen LogP contribution in [0.25, 0.3) is 0 Å². The largest absolute Gasteiger partial charge is 0.487 e. The highest BCUT2D eigenvalue weighted by atomic mass is 79.9. The molecule has 2 aliphatic rings. The number of rotatable bonds is 5. The second-order valence-corrected chi connectivity index (χ2v) is 11.0. The second kappa shape index (κ2) is 10.7. The van der Waals surface area contributed by atoms with Crippen molar-refractivity contribution < 1.29 is 9.53 Å². The minimum atomic E-state index is -0.536. The van der Waals surface area contributed by atoms with Crippen LogP contribution in [-0.4, -0.2) is 5.78 Å². The number of carbonyl (C=O) groups excluding carboxylic acids is 1. The minimum Gasteiger partial charge on any atom is -0.487 e. The van der Waals surface area contributed by atoms with Crippen molar-refractivity contribution in [3.63, 3.8) is 0 Å². The molecule has 0 spiro atoms. The van der Waals surface area contributed by atoms with Crippen molar-refractivity contribution in [1.29, 1.82) is 5.26 Å². The Balaban J connectivity index is 1.64. The number of halogens is 2. The first-order valence-electron chi connectivity index (χ1n) is 12.5. The lowest BCUT2D eigenvalue weighted by atomic mass is 9.74. The molecule has 1 heterocycles. The van der Waals surface area contributed by atoms with Gasteiger partial charge in [-0.3, -0.25) is 9.69 Å². The Morgan fingerprint density at radius 1 is 1.11 bits per heavy atom. The number of aryl methyl sites for hydroxylation is 2. The van der Waals surface area contributed by atoms with Gasteiger partial charge in [0.2, 0.25) is 0 Å². The number of anilines is 1. The molecule has 0 saturated carbocycles. The lowest BCUT2D eigenvalue weighted by Gasteiger charge is -2.40. The van der Waals surface area contributed by atoms with Gasteiger partial charge in [0.1, 0.15) is 18.2 Å². The van der Waals surface area contributed by atoms with Gasteiger partial charge in [0.05, 0.1) is 22.6 Å². The highest BCUT2D eigenvalue weighted by molar-refractivity contribution is 9.10. The molecule has 1 aliphatic heterocycles. The van der Waals surface area contributed by atoms with Crippen LogP contribution in [0.2, 0.25) is 5.02 Å². The van der Waals surface area contributed by atoms with Crippen LogP contribution < -0.4 is 15.4 Å². The Hall–Kier alpha value is -3.53. The van der Waals surface area contributed by atoms with Gasteiger partial charge >= 0.3 is 0 Å². The highest BCUT2D eigenvalue weighted by Gasteiger charge is 2.41. The standard InChI is InChI=1S/C31H27BrClN3O2/c1-18-13-19(2)23(14-20(18)17-38-28-12-4-3-9-25(28)33)29-24(16-34)31(35)36(22-8-5-7-21(32)15-22)26-10-6-11-27(37)30(26)29/h3-5,7-9,12-15,29H,6,10-11,17,35H2,1-2H3. The monoisotopic (exact) mass is 587 g/mol. The first-order valence-corrected chi connectivity index (χ1v) is 13.7. The molecule has 0 aromatic heterocycles. The van der Waals surface area contributed by atoms with E-state index in [4.69, 9.17) is 22.1 Å². The summed E-state index contributed by atoms with van der Waals surface area (Å²) in [6, 6.07) is 21.6. The van der Waals surface area contributed by atoms with Gasteiger partial charge in [-0.2, -0.15) is 5.26 Å². The molecular weight excluding hydrogens is 562 g/mol. The molecule has 5 rings (SSSR count). The zero-order chi connectivity index (χ0) is 27.0. The zero-order valence-corrected chi connectivity index (χ0v) is 23.6. The molecule has 1 atom stereocenters. The molecule has 0 bridgehead atoms. The molecular formula is C31H27BrClN3O2. The van der Waals surface area contributed by atoms with Crippen LogP contribution in [0.4, 0.5) is 5.69 Å². The van der Waals surface area contributed by atoms with E-state index in [1.165, 1.54) is 0 Å². The van der Waals surface area contributed by atoms with Gasteiger partial charge in [-0.15, -0.1) is 0 Å². The number of ether oxygens (including phenoxy) is 1. The van der Waals surface area contributed by atoms with Crippen molar-refractivity contribution >= 4 is 39.0 Å². The quantitative estimate of drug-likeness (QED) is 0.332. The predicted octanol–water partition coefficient (Wildman–Crippen LogP) is 7.60. The third kappa shape index (κ3) is 4.73. The number of nitrogens with two attached hydrogens (primary N) is 1. The number of para-hydroxylation sites is 1. The van der Waals surface area contributed by atoms with Gasteiger partial charge in [-0.05, 0) is 79.3 Å². The lowest BCUT2D eigenvalue weighted by Crippen LogP contribution is -2.39. The Kier molecular flexibility index (Phi) is 7.34. The van der Waals surface area contributed by atoms with E-state index in [0.717, 1.165) is 44.5 Å². The van der Waals surface area contributed by atoms with Crippen LogP contribution in [0.3, 0.4) is 0 Å². The lowest BCUT2D eigenvalue weighted by molar-refractivity contribution is -0.116. The number of allylic oxidation sites excluding steroid dienone is 3. The van der Waals surface area contributed by atoms with Gasteiger partial charge in [-0.1, -0.05) is 57.9 Å². The van der Waals surface area contributed by atoms with Crippen LogP contribution in [0, 0.1) is 25.2 Å². The maximum absolute atomic E-state index is 13.5. The van der Waals surface area contributed by atoms with E-state index in [1.54, 1.807) is 6.07 Å². The van der Waals surface area contributed by atoms with Crippen molar-refractivity contribution in [3.05, 3.63) is 115 Å². The van der Waals surface area contributed by atoms with E-state index >= 15 is 0 Å². The molecule has 1 aliphatic carbocycles. The Bertz CT molecular complexity index is 1550. The van der Waals surface area contributed by atoms with E-state index in [2.05, 4.69) is 34.1 Å². The number of hydrogen-bond acceptors (Lipinski definition) is 5. The van der Waals surface area contributed by atoms with E-state index in [1.807, 2.05) is 61.2 Å². The molecule has 5 nitrogen and oxygen atoms in total. The molecule has 2 N–H and O–H groups in total. The molecule has 0 saturated heterocycles. The summed E-state index contributed by atoms with van der Waals surface area (Å²) < 4.78 is 6.94. The predicted molar refractivity (Wildman–Crippen MR) is 154 cm³/mol. The molecule has 192 valence electrons. The molecule has 1 unspecified atom stereocenters. The summed E-state index contributed by atoms with van der Waals surface area (Å²) in [6.07, 6.45) is 1.90. The van der Waals surface area contributed by atoms with Crippen LogP contribution in [0.15, 0.2) is 87.8 Å². The number of ketones is 1.